The largest absolute Gasteiger partial charge is 0.399 e. The Bertz CT molecular complexity index is 474. The number of anilines is 1. The summed E-state index contributed by atoms with van der Waals surface area (Å²) in [5, 5.41) is 0. The van der Waals surface area contributed by atoms with E-state index in [0.29, 0.717) is 11.3 Å². The van der Waals surface area contributed by atoms with Crippen LogP contribution in [0.4, 0.5) is 5.69 Å². The van der Waals surface area contributed by atoms with Crippen LogP contribution in [0.3, 0.4) is 0 Å². The van der Waals surface area contributed by atoms with E-state index in [0.717, 1.165) is 0 Å². The zero-order valence-corrected chi connectivity index (χ0v) is 8.92. The highest BCUT2D eigenvalue weighted by Gasteiger charge is 2.09. The van der Waals surface area contributed by atoms with E-state index in [1.54, 1.807) is 24.3 Å². The van der Waals surface area contributed by atoms with Crippen LogP contribution in [-0.4, -0.2) is 15.0 Å². The molecule has 0 atom stereocenters. The number of terminal acetylenes is 1. The van der Waals surface area contributed by atoms with Gasteiger partial charge in [-0.3, -0.25) is 0 Å². The van der Waals surface area contributed by atoms with Crippen LogP contribution in [0.5, 0.6) is 0 Å². The van der Waals surface area contributed by atoms with E-state index in [9.17, 15) is 8.42 Å². The summed E-state index contributed by atoms with van der Waals surface area (Å²) in [5.41, 5.74) is 6.71. The van der Waals surface area contributed by atoms with Gasteiger partial charge in [0.2, 0.25) is 10.0 Å². The van der Waals surface area contributed by atoms with Crippen molar-refractivity contribution in [3.8, 4) is 12.3 Å². The maximum Gasteiger partial charge on any atom is 0.216 e. The Morgan fingerprint density at radius 3 is 2.80 bits per heavy atom. The number of nitrogens with two attached hydrogens (primary N) is 1. The maximum atomic E-state index is 11.4. The number of benzene rings is 1. The Hall–Kier alpha value is -1.51. The molecule has 3 N–H and O–H groups in total. The monoisotopic (exact) mass is 224 g/mol. The van der Waals surface area contributed by atoms with Gasteiger partial charge in [0.15, 0.2) is 0 Å². The van der Waals surface area contributed by atoms with Gasteiger partial charge in [-0.15, -0.1) is 6.42 Å². The van der Waals surface area contributed by atoms with E-state index in [1.807, 2.05) is 0 Å². The lowest BCUT2D eigenvalue weighted by Crippen LogP contribution is -2.25. The van der Waals surface area contributed by atoms with Crippen molar-refractivity contribution >= 4 is 15.7 Å². The quantitative estimate of drug-likeness (QED) is 0.571. The summed E-state index contributed by atoms with van der Waals surface area (Å²) in [6.07, 6.45) is 4.96. The Kier molecular flexibility index (Phi) is 3.72. The fraction of sp³-hybridized carbons (Fsp3) is 0.200. The summed E-state index contributed by atoms with van der Waals surface area (Å²) >= 11 is 0. The molecule has 1 aromatic carbocycles. The van der Waals surface area contributed by atoms with Gasteiger partial charge in [0.05, 0.1) is 12.3 Å². The van der Waals surface area contributed by atoms with Crippen molar-refractivity contribution in [1.29, 1.82) is 0 Å². The molecule has 0 aromatic heterocycles. The minimum atomic E-state index is -3.36. The van der Waals surface area contributed by atoms with Crippen LogP contribution in [0, 0.1) is 12.3 Å². The van der Waals surface area contributed by atoms with Crippen LogP contribution < -0.4 is 10.5 Å². The van der Waals surface area contributed by atoms with Gasteiger partial charge in [-0.1, -0.05) is 18.1 Å². The van der Waals surface area contributed by atoms with Gasteiger partial charge in [-0.2, -0.15) is 0 Å². The number of hydrogen-bond acceptors (Lipinski definition) is 3. The molecule has 0 aliphatic carbocycles. The maximum absolute atomic E-state index is 11.4. The Labute approximate surface area is 89.5 Å². The van der Waals surface area contributed by atoms with Crippen molar-refractivity contribution in [3.63, 3.8) is 0 Å². The van der Waals surface area contributed by atoms with E-state index in [-0.39, 0.29) is 12.3 Å². The summed E-state index contributed by atoms with van der Waals surface area (Å²) in [6.45, 7) is 0.00461. The van der Waals surface area contributed by atoms with Crippen LogP contribution in [0.1, 0.15) is 5.56 Å². The average Bonchev–Trinajstić information content (AvgIpc) is 2.14. The fourth-order valence-corrected chi connectivity index (χ4v) is 2.13. The van der Waals surface area contributed by atoms with Crippen LogP contribution >= 0.6 is 0 Å². The van der Waals surface area contributed by atoms with E-state index >= 15 is 0 Å². The standard InChI is InChI=1S/C10H12N2O2S/c1-2-6-12-15(13,14)8-9-4-3-5-10(11)7-9/h1,3-5,7,12H,6,8,11H2. The molecule has 0 amide bonds. The molecule has 0 unspecified atom stereocenters. The molecule has 0 radical (unpaired) electrons. The van der Waals surface area contributed by atoms with Crippen molar-refractivity contribution in [2.45, 2.75) is 5.75 Å². The van der Waals surface area contributed by atoms with Crippen LogP contribution in [-0.2, 0) is 15.8 Å². The second-order valence-corrected chi connectivity index (χ2v) is 4.84. The molecule has 80 valence electrons. The second kappa shape index (κ2) is 4.82. The topological polar surface area (TPSA) is 72.2 Å². The Morgan fingerprint density at radius 2 is 2.20 bits per heavy atom. The zero-order valence-electron chi connectivity index (χ0n) is 8.10. The third-order valence-corrected chi connectivity index (χ3v) is 3.00. The third-order valence-electron chi connectivity index (χ3n) is 1.70. The zero-order chi connectivity index (χ0) is 11.3. The minimum absolute atomic E-state index is 0.00461. The lowest BCUT2D eigenvalue weighted by molar-refractivity contribution is 0.585. The molecule has 5 heteroatoms. The first-order chi connectivity index (χ1) is 7.03. The van der Waals surface area contributed by atoms with Crippen molar-refractivity contribution in [3.05, 3.63) is 29.8 Å². The molecule has 0 saturated heterocycles. The third kappa shape index (κ3) is 4.02. The SMILES string of the molecule is C#CCNS(=O)(=O)Cc1cccc(N)c1. The number of rotatable bonds is 4. The van der Waals surface area contributed by atoms with Crippen molar-refractivity contribution in [2.24, 2.45) is 0 Å². The summed E-state index contributed by atoms with van der Waals surface area (Å²) in [4.78, 5) is 0. The molecule has 0 fully saturated rings. The van der Waals surface area contributed by atoms with Crippen molar-refractivity contribution in [2.75, 3.05) is 12.3 Å². The molecule has 0 heterocycles. The first-order valence-corrected chi connectivity index (χ1v) is 5.94. The van der Waals surface area contributed by atoms with Gasteiger partial charge in [-0.25, -0.2) is 13.1 Å². The molecular formula is C10H12N2O2S. The molecule has 0 aliphatic rings. The smallest absolute Gasteiger partial charge is 0.216 e. The highest BCUT2D eigenvalue weighted by molar-refractivity contribution is 7.88. The fourth-order valence-electron chi connectivity index (χ4n) is 1.10. The van der Waals surface area contributed by atoms with E-state index in [2.05, 4.69) is 10.6 Å². The molecule has 1 rings (SSSR count). The first-order valence-electron chi connectivity index (χ1n) is 4.29. The Balaban J connectivity index is 2.74. The molecule has 4 nitrogen and oxygen atoms in total. The molecule has 1 aromatic rings. The van der Waals surface area contributed by atoms with Crippen LogP contribution in [0.2, 0.25) is 0 Å². The van der Waals surface area contributed by atoms with Gasteiger partial charge in [0.1, 0.15) is 0 Å². The van der Waals surface area contributed by atoms with Crippen molar-refractivity contribution < 1.29 is 8.42 Å². The summed E-state index contributed by atoms with van der Waals surface area (Å²) in [6, 6.07) is 6.73. The predicted molar refractivity (Wildman–Crippen MR) is 60.3 cm³/mol. The number of hydrogen-bond donors (Lipinski definition) is 2. The highest BCUT2D eigenvalue weighted by Crippen LogP contribution is 2.09. The summed E-state index contributed by atoms with van der Waals surface area (Å²) < 4.78 is 25.1. The molecule has 0 bridgehead atoms. The van der Waals surface area contributed by atoms with Gasteiger partial charge in [0, 0.05) is 5.69 Å². The van der Waals surface area contributed by atoms with Crippen molar-refractivity contribution in [1.82, 2.24) is 4.72 Å². The normalized spacial score (nSPS) is 10.9. The van der Waals surface area contributed by atoms with Gasteiger partial charge in [0.25, 0.3) is 0 Å². The van der Waals surface area contributed by atoms with Crippen LogP contribution in [0.25, 0.3) is 0 Å². The highest BCUT2D eigenvalue weighted by atomic mass is 32.2. The first kappa shape index (κ1) is 11.6. The number of nitrogens with one attached hydrogen (secondary N) is 1. The van der Waals surface area contributed by atoms with E-state index < -0.39 is 10.0 Å². The van der Waals surface area contributed by atoms with Gasteiger partial charge < -0.3 is 5.73 Å². The summed E-state index contributed by atoms with van der Waals surface area (Å²) in [5.74, 6) is 2.09. The van der Waals surface area contributed by atoms with Gasteiger partial charge in [-0.05, 0) is 17.7 Å². The molecule has 0 saturated carbocycles. The average molecular weight is 224 g/mol. The lowest BCUT2D eigenvalue weighted by atomic mass is 10.2. The van der Waals surface area contributed by atoms with Gasteiger partial charge >= 0.3 is 0 Å². The molecule has 0 spiro atoms. The number of sulfonamides is 1. The molecule has 15 heavy (non-hydrogen) atoms. The van der Waals surface area contributed by atoms with E-state index in [1.165, 1.54) is 0 Å². The lowest BCUT2D eigenvalue weighted by Gasteiger charge is -2.04. The van der Waals surface area contributed by atoms with E-state index in [4.69, 9.17) is 12.2 Å². The number of nitrogen functional groups attached to an aromatic ring is 1. The molecular weight excluding hydrogens is 212 g/mol. The Morgan fingerprint density at radius 1 is 1.47 bits per heavy atom. The second-order valence-electron chi connectivity index (χ2n) is 3.03. The predicted octanol–water partition coefficient (Wildman–Crippen LogP) is 0.321. The van der Waals surface area contributed by atoms with Crippen LogP contribution in [0.15, 0.2) is 24.3 Å². The summed E-state index contributed by atoms with van der Waals surface area (Å²) in [7, 11) is -3.36. The minimum Gasteiger partial charge on any atom is -0.399 e. The molecule has 0 aliphatic heterocycles.